The molecule has 4 heteroatoms. The summed E-state index contributed by atoms with van der Waals surface area (Å²) in [5.41, 5.74) is 1.65. The third kappa shape index (κ3) is 3.77. The van der Waals surface area contributed by atoms with Gasteiger partial charge >= 0.3 is 0 Å². The summed E-state index contributed by atoms with van der Waals surface area (Å²) >= 11 is 12.0. The van der Waals surface area contributed by atoms with E-state index in [4.69, 9.17) is 33.3 Å². The minimum Gasteiger partial charge on any atom is -0.478 e. The Balaban J connectivity index is 2.03. The second-order valence-corrected chi connectivity index (χ2v) is 4.73. The van der Waals surface area contributed by atoms with Gasteiger partial charge in [0.15, 0.2) is 5.75 Å². The van der Waals surface area contributed by atoms with Crippen LogP contribution >= 0.6 is 23.2 Å². The van der Waals surface area contributed by atoms with Gasteiger partial charge in [-0.25, -0.2) is 0 Å². The van der Waals surface area contributed by atoms with E-state index < -0.39 is 0 Å². The highest BCUT2D eigenvalue weighted by Gasteiger charge is 2.04. The van der Waals surface area contributed by atoms with E-state index in [0.29, 0.717) is 15.8 Å². The monoisotopic (exact) mass is 303 g/mol. The zero-order valence-electron chi connectivity index (χ0n) is 10.5. The molecule has 0 amide bonds. The molecule has 0 aliphatic carbocycles. The highest BCUT2D eigenvalue weighted by Crippen LogP contribution is 2.32. The van der Waals surface area contributed by atoms with E-state index in [1.807, 2.05) is 24.3 Å². The maximum atomic E-state index is 7.19. The van der Waals surface area contributed by atoms with Crippen LogP contribution in [0.1, 0.15) is 11.1 Å². The first-order chi connectivity index (χ1) is 9.70. The minimum absolute atomic E-state index is 0.193. The minimum atomic E-state index is 0.193. The fourth-order valence-electron chi connectivity index (χ4n) is 1.57. The maximum absolute atomic E-state index is 7.19. The Morgan fingerprint density at radius 2 is 1.80 bits per heavy atom. The van der Waals surface area contributed by atoms with Gasteiger partial charge in [-0.1, -0.05) is 53.2 Å². The SMILES string of the molecule is N=Cc1cccc(C#CCOc2c(Cl)cccc2Cl)c1. The Bertz CT molecular complexity index is 666. The molecule has 0 radical (unpaired) electrons. The molecule has 2 nitrogen and oxygen atoms in total. The molecule has 2 rings (SSSR count). The molecule has 0 fully saturated rings. The van der Waals surface area contributed by atoms with Crippen LogP contribution in [-0.4, -0.2) is 12.8 Å². The van der Waals surface area contributed by atoms with Gasteiger partial charge in [-0.3, -0.25) is 0 Å². The fourth-order valence-corrected chi connectivity index (χ4v) is 2.08. The van der Waals surface area contributed by atoms with Crippen LogP contribution in [0, 0.1) is 17.3 Å². The molecule has 0 atom stereocenters. The number of rotatable bonds is 3. The van der Waals surface area contributed by atoms with Crippen molar-refractivity contribution in [3.63, 3.8) is 0 Å². The molecule has 0 aliphatic rings. The van der Waals surface area contributed by atoms with E-state index in [9.17, 15) is 0 Å². The fraction of sp³-hybridized carbons (Fsp3) is 0.0625. The van der Waals surface area contributed by atoms with Crippen LogP contribution < -0.4 is 4.74 Å². The third-order valence-corrected chi connectivity index (χ3v) is 3.09. The normalized spacial score (nSPS) is 9.50. The third-order valence-electron chi connectivity index (χ3n) is 2.49. The second kappa shape index (κ2) is 7.00. The predicted molar refractivity (Wildman–Crippen MR) is 83.2 cm³/mol. The van der Waals surface area contributed by atoms with Crippen LogP contribution in [0.5, 0.6) is 5.75 Å². The van der Waals surface area contributed by atoms with Crippen LogP contribution in [0.15, 0.2) is 42.5 Å². The first kappa shape index (κ1) is 14.5. The van der Waals surface area contributed by atoms with Crippen LogP contribution in [0.3, 0.4) is 0 Å². The lowest BCUT2D eigenvalue weighted by Crippen LogP contribution is -1.95. The summed E-state index contributed by atoms with van der Waals surface area (Å²) in [7, 11) is 0. The molecule has 0 unspecified atom stereocenters. The van der Waals surface area contributed by atoms with E-state index in [-0.39, 0.29) is 6.61 Å². The molecule has 2 aromatic carbocycles. The predicted octanol–water partition coefficient (Wildman–Crippen LogP) is 4.42. The summed E-state index contributed by atoms with van der Waals surface area (Å²) in [5, 5.41) is 8.11. The van der Waals surface area contributed by atoms with Crippen LogP contribution in [0.25, 0.3) is 0 Å². The molecule has 0 spiro atoms. The average molecular weight is 304 g/mol. The van der Waals surface area contributed by atoms with E-state index in [1.165, 1.54) is 6.21 Å². The zero-order valence-corrected chi connectivity index (χ0v) is 12.0. The molecule has 2 aromatic rings. The van der Waals surface area contributed by atoms with Gasteiger partial charge in [-0.05, 0) is 29.8 Å². The molecule has 20 heavy (non-hydrogen) atoms. The molecule has 0 saturated carbocycles. The summed E-state index contributed by atoms with van der Waals surface area (Å²) in [6, 6.07) is 12.6. The van der Waals surface area contributed by atoms with Crippen molar-refractivity contribution in [1.29, 1.82) is 5.41 Å². The van der Waals surface area contributed by atoms with E-state index in [0.717, 1.165) is 11.1 Å². The van der Waals surface area contributed by atoms with Crippen molar-refractivity contribution in [2.75, 3.05) is 6.61 Å². The van der Waals surface area contributed by atoms with Gasteiger partial charge in [-0.15, -0.1) is 0 Å². The lowest BCUT2D eigenvalue weighted by molar-refractivity contribution is 0.370. The van der Waals surface area contributed by atoms with Crippen molar-refractivity contribution in [3.05, 3.63) is 63.6 Å². The molecule has 0 bridgehead atoms. The number of hydrogen-bond donors (Lipinski definition) is 1. The number of benzene rings is 2. The number of hydrogen-bond acceptors (Lipinski definition) is 2. The van der Waals surface area contributed by atoms with Crippen molar-refractivity contribution < 1.29 is 4.74 Å². The van der Waals surface area contributed by atoms with Crippen LogP contribution in [0.2, 0.25) is 10.0 Å². The van der Waals surface area contributed by atoms with E-state index in [1.54, 1.807) is 18.2 Å². The molecule has 0 saturated heterocycles. The Morgan fingerprint density at radius 1 is 1.10 bits per heavy atom. The van der Waals surface area contributed by atoms with E-state index >= 15 is 0 Å². The number of ether oxygens (including phenoxy) is 1. The summed E-state index contributed by atoms with van der Waals surface area (Å²) in [4.78, 5) is 0. The van der Waals surface area contributed by atoms with Crippen molar-refractivity contribution >= 4 is 29.4 Å². The van der Waals surface area contributed by atoms with Gasteiger partial charge in [0.25, 0.3) is 0 Å². The van der Waals surface area contributed by atoms with Crippen molar-refractivity contribution in [3.8, 4) is 17.6 Å². The Kier molecular flexibility index (Phi) is 5.06. The summed E-state index contributed by atoms with van der Waals surface area (Å²) in [6.07, 6.45) is 1.28. The van der Waals surface area contributed by atoms with Crippen molar-refractivity contribution in [1.82, 2.24) is 0 Å². The van der Waals surface area contributed by atoms with Gasteiger partial charge in [0.1, 0.15) is 6.61 Å². The van der Waals surface area contributed by atoms with Crippen molar-refractivity contribution in [2.45, 2.75) is 0 Å². The zero-order chi connectivity index (χ0) is 14.4. The molecular weight excluding hydrogens is 293 g/mol. The highest BCUT2D eigenvalue weighted by molar-refractivity contribution is 6.37. The Hall–Kier alpha value is -1.95. The second-order valence-electron chi connectivity index (χ2n) is 3.91. The number of para-hydroxylation sites is 1. The highest BCUT2D eigenvalue weighted by atomic mass is 35.5. The number of nitrogens with one attached hydrogen (secondary N) is 1. The van der Waals surface area contributed by atoms with Gasteiger partial charge in [0, 0.05) is 11.8 Å². The first-order valence-electron chi connectivity index (χ1n) is 5.87. The average Bonchev–Trinajstić information content (AvgIpc) is 2.46. The molecule has 100 valence electrons. The van der Waals surface area contributed by atoms with Gasteiger partial charge in [0.05, 0.1) is 10.0 Å². The van der Waals surface area contributed by atoms with Crippen LogP contribution in [-0.2, 0) is 0 Å². The first-order valence-corrected chi connectivity index (χ1v) is 6.62. The lowest BCUT2D eigenvalue weighted by atomic mass is 10.1. The lowest BCUT2D eigenvalue weighted by Gasteiger charge is -2.05. The molecular formula is C16H11Cl2NO. The largest absolute Gasteiger partial charge is 0.478 e. The Labute approximate surface area is 127 Å². The molecule has 1 N–H and O–H groups in total. The van der Waals surface area contributed by atoms with Gasteiger partial charge in [-0.2, -0.15) is 0 Å². The summed E-state index contributed by atoms with van der Waals surface area (Å²) in [6.45, 7) is 0.193. The van der Waals surface area contributed by atoms with Crippen LogP contribution in [0.4, 0.5) is 0 Å². The molecule has 0 aromatic heterocycles. The van der Waals surface area contributed by atoms with Crippen molar-refractivity contribution in [2.24, 2.45) is 0 Å². The topological polar surface area (TPSA) is 33.1 Å². The van der Waals surface area contributed by atoms with E-state index in [2.05, 4.69) is 11.8 Å². The molecule has 0 aliphatic heterocycles. The standard InChI is InChI=1S/C16H11Cl2NO/c17-14-7-2-8-15(18)16(14)20-9-3-6-12-4-1-5-13(10-12)11-19/h1-2,4-5,7-8,10-11,19H,9H2. The van der Waals surface area contributed by atoms with Gasteiger partial charge in [0.2, 0.25) is 0 Å². The quantitative estimate of drug-likeness (QED) is 0.661. The smallest absolute Gasteiger partial charge is 0.157 e. The summed E-state index contributed by atoms with van der Waals surface area (Å²) in [5.74, 6) is 6.30. The molecule has 0 heterocycles. The summed E-state index contributed by atoms with van der Waals surface area (Å²) < 4.78 is 5.46. The van der Waals surface area contributed by atoms with Gasteiger partial charge < -0.3 is 10.1 Å². The Morgan fingerprint density at radius 3 is 2.50 bits per heavy atom. The number of halogens is 2. The maximum Gasteiger partial charge on any atom is 0.157 e.